The number of thiophene rings is 1. The van der Waals surface area contributed by atoms with E-state index in [2.05, 4.69) is 133 Å². The number of fused-ring (bicyclic) bond motifs is 4. The number of hydrogen-bond acceptors (Lipinski definition) is 4. The molecule has 0 aliphatic carbocycles. The fourth-order valence-electron chi connectivity index (χ4n) is 6.35. The van der Waals surface area contributed by atoms with E-state index in [0.29, 0.717) is 17.5 Å². The molecule has 220 valence electrons. The van der Waals surface area contributed by atoms with Gasteiger partial charge in [-0.2, -0.15) is 0 Å². The van der Waals surface area contributed by atoms with E-state index in [9.17, 15) is 0 Å². The van der Waals surface area contributed by atoms with Crippen molar-refractivity contribution in [2.45, 2.75) is 0 Å². The van der Waals surface area contributed by atoms with Gasteiger partial charge in [0.25, 0.3) is 0 Å². The molecule has 3 nitrogen and oxygen atoms in total. The average Bonchev–Trinajstić information content (AvgIpc) is 3.54. The van der Waals surface area contributed by atoms with Gasteiger partial charge in [0.05, 0.1) is 0 Å². The number of rotatable bonds is 5. The Morgan fingerprint density at radius 3 is 1.60 bits per heavy atom. The van der Waals surface area contributed by atoms with Gasteiger partial charge in [-0.3, -0.25) is 0 Å². The molecule has 0 saturated heterocycles. The van der Waals surface area contributed by atoms with E-state index < -0.39 is 0 Å². The summed E-state index contributed by atoms with van der Waals surface area (Å²) < 4.78 is 2.61. The first-order valence-corrected chi connectivity index (χ1v) is 16.5. The SMILES string of the molecule is c1ccc(-c2nc(-c3ccc(-c4ccc5ccccc5c4)cc3)nc(-c3ccc(-c4cccc5sc6ccccc6c45)cc3)n2)cc1. The predicted octanol–water partition coefficient (Wildman–Crippen LogP) is 11.7. The molecule has 0 aliphatic rings. The lowest BCUT2D eigenvalue weighted by atomic mass is 9.98. The summed E-state index contributed by atoms with van der Waals surface area (Å²) in [5.41, 5.74) is 7.60. The second-order valence-electron chi connectivity index (χ2n) is 11.7. The van der Waals surface area contributed by atoms with Crippen LogP contribution in [0.2, 0.25) is 0 Å². The molecule has 0 amide bonds. The molecule has 7 aromatic carbocycles. The third-order valence-corrected chi connectivity index (χ3v) is 9.89. The number of nitrogens with zero attached hydrogens (tertiary/aromatic N) is 3. The lowest BCUT2D eigenvalue weighted by Crippen LogP contribution is -2.00. The van der Waals surface area contributed by atoms with E-state index in [4.69, 9.17) is 15.0 Å². The average molecular weight is 618 g/mol. The van der Waals surface area contributed by atoms with Gasteiger partial charge in [0.1, 0.15) is 0 Å². The maximum absolute atomic E-state index is 5.01. The lowest BCUT2D eigenvalue weighted by molar-refractivity contribution is 1.07. The molecular formula is C43H27N3S. The van der Waals surface area contributed by atoms with Crippen LogP contribution in [0, 0.1) is 0 Å². The smallest absolute Gasteiger partial charge is 0.164 e. The first-order chi connectivity index (χ1) is 23.3. The molecule has 0 N–H and O–H groups in total. The fraction of sp³-hybridized carbons (Fsp3) is 0. The van der Waals surface area contributed by atoms with E-state index in [-0.39, 0.29) is 0 Å². The summed E-state index contributed by atoms with van der Waals surface area (Å²) >= 11 is 1.84. The minimum Gasteiger partial charge on any atom is -0.208 e. The maximum Gasteiger partial charge on any atom is 0.164 e. The van der Waals surface area contributed by atoms with Gasteiger partial charge in [-0.15, -0.1) is 11.3 Å². The highest BCUT2D eigenvalue weighted by Crippen LogP contribution is 2.40. The van der Waals surface area contributed by atoms with Gasteiger partial charge >= 0.3 is 0 Å². The molecule has 9 rings (SSSR count). The van der Waals surface area contributed by atoms with Crippen molar-refractivity contribution in [3.8, 4) is 56.4 Å². The molecule has 0 atom stereocenters. The lowest BCUT2D eigenvalue weighted by Gasteiger charge is -2.10. The molecule has 4 heteroatoms. The van der Waals surface area contributed by atoms with Crippen molar-refractivity contribution in [1.82, 2.24) is 15.0 Å². The molecule has 2 heterocycles. The molecule has 0 fully saturated rings. The van der Waals surface area contributed by atoms with Crippen LogP contribution in [-0.4, -0.2) is 15.0 Å². The Kier molecular flexibility index (Phi) is 6.65. The van der Waals surface area contributed by atoms with E-state index >= 15 is 0 Å². The fourth-order valence-corrected chi connectivity index (χ4v) is 7.48. The van der Waals surface area contributed by atoms with Crippen molar-refractivity contribution in [1.29, 1.82) is 0 Å². The Morgan fingerprint density at radius 2 is 0.872 bits per heavy atom. The molecule has 0 saturated carbocycles. The molecule has 0 aliphatic heterocycles. The van der Waals surface area contributed by atoms with Gasteiger partial charge in [-0.1, -0.05) is 146 Å². The van der Waals surface area contributed by atoms with Gasteiger partial charge in [0, 0.05) is 36.9 Å². The van der Waals surface area contributed by atoms with Crippen LogP contribution < -0.4 is 0 Å². The Morgan fingerprint density at radius 1 is 0.340 bits per heavy atom. The van der Waals surface area contributed by atoms with Gasteiger partial charge in [-0.25, -0.2) is 15.0 Å². The summed E-state index contributed by atoms with van der Waals surface area (Å²) in [6.45, 7) is 0. The van der Waals surface area contributed by atoms with Crippen LogP contribution in [0.15, 0.2) is 164 Å². The molecule has 0 radical (unpaired) electrons. The van der Waals surface area contributed by atoms with Crippen LogP contribution in [0.4, 0.5) is 0 Å². The summed E-state index contributed by atoms with van der Waals surface area (Å²) in [6, 6.07) is 57.5. The second kappa shape index (κ2) is 11.4. The van der Waals surface area contributed by atoms with E-state index in [1.54, 1.807) is 0 Å². The molecule has 0 spiro atoms. The zero-order valence-corrected chi connectivity index (χ0v) is 26.2. The largest absolute Gasteiger partial charge is 0.208 e. The van der Waals surface area contributed by atoms with E-state index in [1.807, 2.05) is 41.7 Å². The monoisotopic (exact) mass is 617 g/mol. The third kappa shape index (κ3) is 5.05. The van der Waals surface area contributed by atoms with Crippen LogP contribution in [0.25, 0.3) is 87.4 Å². The third-order valence-electron chi connectivity index (χ3n) is 8.75. The number of hydrogen-bond donors (Lipinski definition) is 0. The number of benzene rings is 7. The zero-order chi connectivity index (χ0) is 31.2. The van der Waals surface area contributed by atoms with Crippen LogP contribution in [0.3, 0.4) is 0 Å². The summed E-state index contributed by atoms with van der Waals surface area (Å²) in [6.07, 6.45) is 0. The van der Waals surface area contributed by atoms with Crippen molar-refractivity contribution >= 4 is 42.3 Å². The Balaban J connectivity index is 1.10. The highest BCUT2D eigenvalue weighted by molar-refractivity contribution is 7.25. The van der Waals surface area contributed by atoms with Gasteiger partial charge in [-0.05, 0) is 51.2 Å². The van der Waals surface area contributed by atoms with Crippen molar-refractivity contribution in [2.75, 3.05) is 0 Å². The quantitative estimate of drug-likeness (QED) is 0.193. The van der Waals surface area contributed by atoms with Crippen molar-refractivity contribution in [3.63, 3.8) is 0 Å². The molecule has 9 aromatic rings. The maximum atomic E-state index is 5.01. The normalized spacial score (nSPS) is 11.4. The molecule has 0 unspecified atom stereocenters. The molecule has 0 bridgehead atoms. The van der Waals surface area contributed by atoms with Crippen LogP contribution in [0.1, 0.15) is 0 Å². The van der Waals surface area contributed by atoms with E-state index in [1.165, 1.54) is 47.6 Å². The summed E-state index contributed by atoms with van der Waals surface area (Å²) in [5.74, 6) is 1.96. The van der Waals surface area contributed by atoms with Crippen LogP contribution >= 0.6 is 11.3 Å². The standard InChI is InChI=1S/C43H27N3S/c1-2-10-31(11-3-1)41-44-42(32-22-17-29(18-23-32)35-26-19-28-9-4-5-12-34(28)27-35)46-43(45-41)33-24-20-30(21-25-33)36-14-8-16-39-40(36)37-13-6-7-15-38(37)47-39/h1-27H. The van der Waals surface area contributed by atoms with Crippen LogP contribution in [0.5, 0.6) is 0 Å². The second-order valence-corrected chi connectivity index (χ2v) is 12.7. The predicted molar refractivity (Wildman–Crippen MR) is 197 cm³/mol. The highest BCUT2D eigenvalue weighted by Gasteiger charge is 2.14. The molecule has 47 heavy (non-hydrogen) atoms. The topological polar surface area (TPSA) is 38.7 Å². The van der Waals surface area contributed by atoms with Gasteiger partial charge < -0.3 is 0 Å². The molecule has 2 aromatic heterocycles. The van der Waals surface area contributed by atoms with Gasteiger partial charge in [0.2, 0.25) is 0 Å². The Bertz CT molecular complexity index is 2550. The zero-order valence-electron chi connectivity index (χ0n) is 25.3. The van der Waals surface area contributed by atoms with Crippen molar-refractivity contribution in [2.24, 2.45) is 0 Å². The van der Waals surface area contributed by atoms with Gasteiger partial charge in [0.15, 0.2) is 17.5 Å². The van der Waals surface area contributed by atoms with Crippen LogP contribution in [-0.2, 0) is 0 Å². The van der Waals surface area contributed by atoms with E-state index in [0.717, 1.165) is 22.3 Å². The summed E-state index contributed by atoms with van der Waals surface area (Å²) in [7, 11) is 0. The summed E-state index contributed by atoms with van der Waals surface area (Å²) in [4.78, 5) is 14.9. The Hall–Kier alpha value is -5.97. The Labute approximate surface area is 276 Å². The summed E-state index contributed by atoms with van der Waals surface area (Å²) in [5, 5.41) is 5.08. The minimum atomic E-state index is 0.650. The van der Waals surface area contributed by atoms with Crippen molar-refractivity contribution < 1.29 is 0 Å². The minimum absolute atomic E-state index is 0.650. The first kappa shape index (κ1) is 27.3. The molecular weight excluding hydrogens is 591 g/mol. The number of aromatic nitrogens is 3. The van der Waals surface area contributed by atoms with Crippen molar-refractivity contribution in [3.05, 3.63) is 164 Å². The first-order valence-electron chi connectivity index (χ1n) is 15.7. The highest BCUT2D eigenvalue weighted by atomic mass is 32.1.